The van der Waals surface area contributed by atoms with E-state index in [0.717, 1.165) is 37.4 Å². The number of ether oxygens (including phenoxy) is 3. The summed E-state index contributed by atoms with van der Waals surface area (Å²) in [6.45, 7) is 3.73. The number of aromatic nitrogens is 2. The Bertz CT molecular complexity index is 1710. The Labute approximate surface area is 277 Å². The second-order valence-electron chi connectivity index (χ2n) is 11.3. The maximum atomic E-state index is 11.0. The van der Waals surface area contributed by atoms with E-state index in [4.69, 9.17) is 47.2 Å². The Morgan fingerprint density at radius 1 is 1.07 bits per heavy atom. The summed E-state index contributed by atoms with van der Waals surface area (Å²) < 4.78 is 36.7. The smallest absolute Gasteiger partial charge is 0.491 e. The van der Waals surface area contributed by atoms with Crippen molar-refractivity contribution >= 4 is 37.1 Å². The fraction of sp³-hybridized carbons (Fsp3) is 0.303. The van der Waals surface area contributed by atoms with Crippen molar-refractivity contribution in [2.75, 3.05) is 26.3 Å². The van der Waals surface area contributed by atoms with Gasteiger partial charge in [0.15, 0.2) is 0 Å². The van der Waals surface area contributed by atoms with Crippen LogP contribution in [-0.4, -0.2) is 56.6 Å². The average molecular weight is 687 g/mol. The number of halogens is 2. The fourth-order valence-electron chi connectivity index (χ4n) is 5.70. The van der Waals surface area contributed by atoms with Gasteiger partial charge in [0.2, 0.25) is 5.79 Å². The van der Waals surface area contributed by atoms with Crippen LogP contribution in [0.2, 0.25) is 10.0 Å². The molecular formula is C33H34Cl2N3O7P. The Morgan fingerprint density at radius 2 is 1.89 bits per heavy atom. The third kappa shape index (κ3) is 8.39. The lowest BCUT2D eigenvalue weighted by Gasteiger charge is -2.41. The first kappa shape index (κ1) is 32.7. The minimum Gasteiger partial charge on any atom is -0.491 e. The van der Waals surface area contributed by atoms with Gasteiger partial charge in [0.1, 0.15) is 18.1 Å². The van der Waals surface area contributed by atoms with Crippen LogP contribution in [0.5, 0.6) is 11.5 Å². The molecule has 3 heterocycles. The van der Waals surface area contributed by atoms with E-state index in [-0.39, 0.29) is 11.9 Å². The molecule has 0 bridgehead atoms. The van der Waals surface area contributed by atoms with Crippen molar-refractivity contribution in [3.63, 3.8) is 0 Å². The van der Waals surface area contributed by atoms with Crippen molar-refractivity contribution in [1.82, 2.24) is 14.5 Å². The minimum absolute atomic E-state index is 0.128. The Morgan fingerprint density at radius 3 is 2.65 bits per heavy atom. The molecule has 0 spiro atoms. The summed E-state index contributed by atoms with van der Waals surface area (Å²) >= 11 is 12.8. The van der Waals surface area contributed by atoms with Gasteiger partial charge in [-0.05, 0) is 59.5 Å². The molecule has 2 aliphatic heterocycles. The van der Waals surface area contributed by atoms with Crippen molar-refractivity contribution in [2.45, 2.75) is 37.8 Å². The van der Waals surface area contributed by atoms with E-state index in [9.17, 15) is 4.57 Å². The van der Waals surface area contributed by atoms with Crippen LogP contribution >= 0.6 is 31.0 Å². The van der Waals surface area contributed by atoms with Crippen LogP contribution in [0.4, 0.5) is 0 Å². The van der Waals surface area contributed by atoms with Crippen molar-refractivity contribution in [2.24, 2.45) is 0 Å². The van der Waals surface area contributed by atoms with Crippen LogP contribution in [0.15, 0.2) is 85.5 Å². The second-order valence-corrected chi connectivity index (χ2v) is 13.3. The molecule has 46 heavy (non-hydrogen) atoms. The number of rotatable bonds is 11. The molecule has 2 aliphatic rings. The van der Waals surface area contributed by atoms with Crippen molar-refractivity contribution in [1.29, 1.82) is 0 Å². The summed E-state index contributed by atoms with van der Waals surface area (Å²) in [5.41, 5.74) is 4.16. The monoisotopic (exact) mass is 685 g/mol. The Balaban J connectivity index is 1.04. The van der Waals surface area contributed by atoms with Crippen LogP contribution < -0.4 is 9.26 Å². The van der Waals surface area contributed by atoms with Crippen LogP contribution in [0.1, 0.15) is 28.7 Å². The number of phosphoric acid groups is 1. The van der Waals surface area contributed by atoms with E-state index in [1.807, 2.05) is 29.0 Å². The molecule has 1 aromatic heterocycles. The predicted octanol–water partition coefficient (Wildman–Crippen LogP) is 6.47. The molecule has 2 atom stereocenters. The molecule has 0 saturated carbocycles. The molecule has 10 nitrogen and oxygen atoms in total. The van der Waals surface area contributed by atoms with E-state index in [2.05, 4.69) is 32.6 Å². The summed E-state index contributed by atoms with van der Waals surface area (Å²) in [6, 6.07) is 18.2. The third-order valence-electron chi connectivity index (χ3n) is 7.91. The summed E-state index contributed by atoms with van der Waals surface area (Å²) in [4.78, 5) is 24.4. The zero-order chi connectivity index (χ0) is 32.1. The standard InChI is InChI=1S/C33H34Cl2N3O7P/c34-27-6-10-31(32(35)19-27)33(22-38-16-13-36-23-38)43-17-12-30(44-33)21-42-29-9-5-26-20-37(15-11-25(26)18-29)14-1-2-24-3-7-28(8-4-24)45-46(39,40)41/h1-10,13,16,18-19,23,30H,11-12,14-15,17,20-22H2,(H2,39,40,41)/b2-1-. The molecule has 2 unspecified atom stereocenters. The van der Waals surface area contributed by atoms with Crippen LogP contribution in [0.3, 0.4) is 0 Å². The first-order valence-electron chi connectivity index (χ1n) is 14.9. The van der Waals surface area contributed by atoms with Gasteiger partial charge in [0.25, 0.3) is 0 Å². The van der Waals surface area contributed by atoms with Gasteiger partial charge < -0.3 is 23.3 Å². The molecule has 6 rings (SSSR count). The number of phosphoric ester groups is 1. The summed E-state index contributed by atoms with van der Waals surface area (Å²) in [7, 11) is -4.56. The molecule has 1 fully saturated rings. The molecule has 242 valence electrons. The lowest BCUT2D eigenvalue weighted by Crippen LogP contribution is -2.47. The Kier molecular flexibility index (Phi) is 10.2. The lowest BCUT2D eigenvalue weighted by molar-refractivity contribution is -0.312. The zero-order valence-electron chi connectivity index (χ0n) is 24.9. The molecule has 0 radical (unpaired) electrons. The summed E-state index contributed by atoms with van der Waals surface area (Å²) in [5.74, 6) is -0.187. The van der Waals surface area contributed by atoms with E-state index in [0.29, 0.717) is 41.8 Å². The molecule has 2 N–H and O–H groups in total. The van der Waals surface area contributed by atoms with Gasteiger partial charge in [-0.2, -0.15) is 0 Å². The van der Waals surface area contributed by atoms with E-state index in [1.54, 1.807) is 36.8 Å². The maximum absolute atomic E-state index is 11.0. The number of benzene rings is 3. The van der Waals surface area contributed by atoms with Crippen LogP contribution in [-0.2, 0) is 39.3 Å². The van der Waals surface area contributed by atoms with E-state index >= 15 is 0 Å². The first-order valence-corrected chi connectivity index (χ1v) is 17.1. The highest BCUT2D eigenvalue weighted by Gasteiger charge is 2.42. The highest BCUT2D eigenvalue weighted by Crippen LogP contribution is 2.40. The van der Waals surface area contributed by atoms with Gasteiger partial charge >= 0.3 is 7.82 Å². The molecular weight excluding hydrogens is 652 g/mol. The topological polar surface area (TPSA) is 116 Å². The highest BCUT2D eigenvalue weighted by atomic mass is 35.5. The van der Waals surface area contributed by atoms with Gasteiger partial charge in [0.05, 0.1) is 30.6 Å². The molecule has 3 aromatic carbocycles. The largest absolute Gasteiger partial charge is 0.524 e. The van der Waals surface area contributed by atoms with E-state index < -0.39 is 13.6 Å². The van der Waals surface area contributed by atoms with Crippen molar-refractivity contribution in [3.05, 3.63) is 118 Å². The van der Waals surface area contributed by atoms with Gasteiger partial charge in [-0.1, -0.05) is 59.6 Å². The minimum atomic E-state index is -4.56. The predicted molar refractivity (Wildman–Crippen MR) is 175 cm³/mol. The molecule has 1 saturated heterocycles. The fourth-order valence-corrected chi connectivity index (χ4v) is 6.65. The van der Waals surface area contributed by atoms with Crippen molar-refractivity contribution in [3.8, 4) is 11.5 Å². The zero-order valence-corrected chi connectivity index (χ0v) is 27.3. The first-order chi connectivity index (χ1) is 22.1. The Hall–Kier alpha value is -3.18. The van der Waals surface area contributed by atoms with Crippen molar-refractivity contribution < 1.29 is 33.1 Å². The normalized spacial score (nSPS) is 20.5. The van der Waals surface area contributed by atoms with Crippen LogP contribution in [0.25, 0.3) is 6.08 Å². The third-order valence-corrected chi connectivity index (χ3v) is 8.90. The van der Waals surface area contributed by atoms with E-state index in [1.165, 1.54) is 23.3 Å². The number of fused-ring (bicyclic) bond motifs is 1. The number of imidazole rings is 1. The van der Waals surface area contributed by atoms with Gasteiger partial charge in [-0.15, -0.1) is 0 Å². The summed E-state index contributed by atoms with van der Waals surface area (Å²) in [6.07, 6.45) is 10.7. The quantitative estimate of drug-likeness (QED) is 0.171. The summed E-state index contributed by atoms with van der Waals surface area (Å²) in [5, 5.41) is 1.01. The number of hydrogen-bond donors (Lipinski definition) is 2. The molecule has 13 heteroatoms. The SMILES string of the molecule is O=P(O)(O)Oc1ccc(/C=C\CN2CCc3cc(OCC4CCOC(Cn5ccnc5)(c5ccc(Cl)cc5Cl)O4)ccc3C2)cc1. The number of hydrogen-bond acceptors (Lipinski definition) is 7. The van der Waals surface area contributed by atoms with Gasteiger partial charge in [0, 0.05) is 49.0 Å². The van der Waals surface area contributed by atoms with Gasteiger partial charge in [-0.25, -0.2) is 9.55 Å². The second kappa shape index (κ2) is 14.3. The van der Waals surface area contributed by atoms with Gasteiger partial charge in [-0.3, -0.25) is 14.7 Å². The average Bonchev–Trinajstić information content (AvgIpc) is 3.53. The molecule has 4 aromatic rings. The molecule has 0 aliphatic carbocycles. The number of nitrogens with zero attached hydrogens (tertiary/aromatic N) is 3. The lowest BCUT2D eigenvalue weighted by atomic mass is 9.99. The maximum Gasteiger partial charge on any atom is 0.524 e. The molecule has 0 amide bonds. The van der Waals surface area contributed by atoms with Crippen LogP contribution in [0, 0.1) is 0 Å². The highest BCUT2D eigenvalue weighted by molar-refractivity contribution is 7.46.